The van der Waals surface area contributed by atoms with Crippen molar-refractivity contribution >= 4 is 0 Å². The fraction of sp³-hybridized carbons (Fsp3) is 1.00. The molecule has 12 heavy (non-hydrogen) atoms. The van der Waals surface area contributed by atoms with Gasteiger partial charge in [0.2, 0.25) is 0 Å². The molecule has 2 heterocycles. The van der Waals surface area contributed by atoms with Gasteiger partial charge in [0, 0.05) is 19.6 Å². The molecule has 3 atom stereocenters. The number of hydrogen-bond acceptors (Lipinski definition) is 2. The van der Waals surface area contributed by atoms with Gasteiger partial charge in [0.05, 0.1) is 12.7 Å². The van der Waals surface area contributed by atoms with Crippen LogP contribution < -0.4 is 0 Å². The minimum atomic E-state index is 0.542. The molecule has 0 N–H and O–H groups in total. The fourth-order valence-electron chi connectivity index (χ4n) is 2.32. The Bertz CT molecular complexity index is 146. The van der Waals surface area contributed by atoms with E-state index in [4.69, 9.17) is 4.74 Å². The van der Waals surface area contributed by atoms with Crippen LogP contribution in [-0.2, 0) is 4.74 Å². The highest BCUT2D eigenvalue weighted by atomic mass is 16.5. The molecule has 2 aliphatic heterocycles. The quantitative estimate of drug-likeness (QED) is 0.587. The lowest BCUT2D eigenvalue weighted by Crippen LogP contribution is -2.51. The predicted molar refractivity (Wildman–Crippen MR) is 49.1 cm³/mol. The lowest BCUT2D eigenvalue weighted by molar-refractivity contribution is -0.0783. The number of piperidine rings is 1. The Hall–Kier alpha value is -0.0800. The normalized spacial score (nSPS) is 41.8. The van der Waals surface area contributed by atoms with E-state index in [1.165, 1.54) is 19.5 Å². The lowest BCUT2D eigenvalue weighted by atomic mass is 9.86. The van der Waals surface area contributed by atoms with Crippen molar-refractivity contribution in [3.63, 3.8) is 0 Å². The first-order valence-corrected chi connectivity index (χ1v) is 5.09. The van der Waals surface area contributed by atoms with Crippen LogP contribution in [0.3, 0.4) is 0 Å². The summed E-state index contributed by atoms with van der Waals surface area (Å²) in [4.78, 5) is 2.56. The number of rotatable bonds is 1. The van der Waals surface area contributed by atoms with E-state index < -0.39 is 0 Å². The second-order valence-corrected chi connectivity index (χ2v) is 4.49. The van der Waals surface area contributed by atoms with Gasteiger partial charge in [-0.05, 0) is 18.3 Å². The first-order valence-electron chi connectivity index (χ1n) is 5.09. The van der Waals surface area contributed by atoms with Crippen molar-refractivity contribution in [2.24, 2.45) is 11.8 Å². The second-order valence-electron chi connectivity index (χ2n) is 4.49. The van der Waals surface area contributed by atoms with Gasteiger partial charge in [0.1, 0.15) is 0 Å². The van der Waals surface area contributed by atoms with Crippen molar-refractivity contribution in [1.82, 2.24) is 4.90 Å². The molecule has 0 aromatic rings. The molecule has 0 amide bonds. The molecule has 2 saturated heterocycles. The number of hydrogen-bond donors (Lipinski definition) is 0. The molecule has 2 bridgehead atoms. The largest absolute Gasteiger partial charge is 0.376 e. The van der Waals surface area contributed by atoms with Crippen LogP contribution in [0.2, 0.25) is 0 Å². The van der Waals surface area contributed by atoms with E-state index in [2.05, 4.69) is 18.7 Å². The molecule has 0 spiro atoms. The van der Waals surface area contributed by atoms with E-state index in [0.29, 0.717) is 6.10 Å². The summed E-state index contributed by atoms with van der Waals surface area (Å²) in [5.41, 5.74) is 0. The van der Waals surface area contributed by atoms with Crippen LogP contribution in [0, 0.1) is 11.8 Å². The molecule has 0 radical (unpaired) electrons. The Labute approximate surface area is 74.9 Å². The molecular weight excluding hydrogens is 150 g/mol. The zero-order valence-corrected chi connectivity index (χ0v) is 8.12. The molecule has 70 valence electrons. The summed E-state index contributed by atoms with van der Waals surface area (Å²) in [6, 6.07) is 0. The van der Waals surface area contributed by atoms with Gasteiger partial charge in [-0.3, -0.25) is 4.90 Å². The van der Waals surface area contributed by atoms with Crippen LogP contribution >= 0.6 is 0 Å². The molecule has 0 aromatic heterocycles. The molecule has 2 fully saturated rings. The van der Waals surface area contributed by atoms with E-state index in [1.54, 1.807) is 0 Å². The molecule has 2 aliphatic rings. The Morgan fingerprint density at radius 1 is 1.33 bits per heavy atom. The van der Waals surface area contributed by atoms with Crippen LogP contribution in [0.25, 0.3) is 0 Å². The summed E-state index contributed by atoms with van der Waals surface area (Å²) in [5.74, 6) is 1.68. The minimum Gasteiger partial charge on any atom is -0.376 e. The number of morpholine rings is 1. The van der Waals surface area contributed by atoms with Gasteiger partial charge in [0.25, 0.3) is 0 Å². The number of fused-ring (bicyclic) bond motifs is 2. The average molecular weight is 169 g/mol. The van der Waals surface area contributed by atoms with Crippen molar-refractivity contribution in [3.05, 3.63) is 0 Å². The Morgan fingerprint density at radius 3 is 2.83 bits per heavy atom. The Morgan fingerprint density at radius 2 is 2.17 bits per heavy atom. The third kappa shape index (κ3) is 1.64. The van der Waals surface area contributed by atoms with Crippen LogP contribution in [0.15, 0.2) is 0 Å². The van der Waals surface area contributed by atoms with Crippen molar-refractivity contribution in [2.75, 3.05) is 26.2 Å². The van der Waals surface area contributed by atoms with Gasteiger partial charge >= 0.3 is 0 Å². The number of nitrogens with zero attached hydrogens (tertiary/aromatic N) is 1. The van der Waals surface area contributed by atoms with Gasteiger partial charge in [-0.25, -0.2) is 0 Å². The van der Waals surface area contributed by atoms with Crippen molar-refractivity contribution in [1.29, 1.82) is 0 Å². The molecule has 2 rings (SSSR count). The first kappa shape index (κ1) is 8.52. The smallest absolute Gasteiger partial charge is 0.0705 e. The topological polar surface area (TPSA) is 12.5 Å². The van der Waals surface area contributed by atoms with Gasteiger partial charge in [-0.2, -0.15) is 0 Å². The zero-order valence-electron chi connectivity index (χ0n) is 8.12. The highest BCUT2D eigenvalue weighted by Gasteiger charge is 2.31. The first-order chi connectivity index (χ1) is 5.75. The SMILES string of the molecule is CC(C)C1CC2CN(CCO2)C1. The van der Waals surface area contributed by atoms with E-state index in [9.17, 15) is 0 Å². The monoisotopic (exact) mass is 169 g/mol. The standard InChI is InChI=1S/C10H19NO/c1-8(2)9-5-10-7-11(6-9)3-4-12-10/h8-10H,3-7H2,1-2H3. The summed E-state index contributed by atoms with van der Waals surface area (Å²) in [6.45, 7) is 9.25. The van der Waals surface area contributed by atoms with Crippen LogP contribution in [0.1, 0.15) is 20.3 Å². The van der Waals surface area contributed by atoms with Gasteiger partial charge < -0.3 is 4.74 Å². The minimum absolute atomic E-state index is 0.542. The third-order valence-electron chi connectivity index (χ3n) is 3.22. The zero-order chi connectivity index (χ0) is 8.55. The summed E-state index contributed by atoms with van der Waals surface area (Å²) < 4.78 is 5.69. The van der Waals surface area contributed by atoms with Crippen LogP contribution in [0.5, 0.6) is 0 Å². The summed E-state index contributed by atoms with van der Waals surface area (Å²) >= 11 is 0. The fourth-order valence-corrected chi connectivity index (χ4v) is 2.32. The van der Waals surface area contributed by atoms with Gasteiger partial charge in [-0.15, -0.1) is 0 Å². The van der Waals surface area contributed by atoms with E-state index in [1.807, 2.05) is 0 Å². The molecule has 0 saturated carbocycles. The second kappa shape index (κ2) is 3.35. The molecular formula is C10H19NO. The molecule has 3 unspecified atom stereocenters. The third-order valence-corrected chi connectivity index (χ3v) is 3.22. The predicted octanol–water partition coefficient (Wildman–Crippen LogP) is 1.36. The lowest BCUT2D eigenvalue weighted by Gasteiger charge is -2.42. The maximum atomic E-state index is 5.69. The van der Waals surface area contributed by atoms with Gasteiger partial charge in [-0.1, -0.05) is 13.8 Å². The van der Waals surface area contributed by atoms with Crippen LogP contribution in [-0.4, -0.2) is 37.2 Å². The molecule has 0 aliphatic carbocycles. The van der Waals surface area contributed by atoms with Gasteiger partial charge in [0.15, 0.2) is 0 Å². The van der Waals surface area contributed by atoms with Crippen molar-refractivity contribution in [3.8, 4) is 0 Å². The van der Waals surface area contributed by atoms with Crippen molar-refractivity contribution < 1.29 is 4.74 Å². The van der Waals surface area contributed by atoms with Crippen LogP contribution in [0.4, 0.5) is 0 Å². The summed E-state index contributed by atoms with van der Waals surface area (Å²) in [6.07, 6.45) is 1.83. The maximum absolute atomic E-state index is 5.69. The maximum Gasteiger partial charge on any atom is 0.0705 e. The molecule has 2 nitrogen and oxygen atoms in total. The van der Waals surface area contributed by atoms with E-state index >= 15 is 0 Å². The molecule has 0 aromatic carbocycles. The summed E-state index contributed by atoms with van der Waals surface area (Å²) in [5, 5.41) is 0. The highest BCUT2D eigenvalue weighted by molar-refractivity contribution is 4.83. The highest BCUT2D eigenvalue weighted by Crippen LogP contribution is 2.27. The Kier molecular flexibility index (Phi) is 2.37. The van der Waals surface area contributed by atoms with E-state index in [-0.39, 0.29) is 0 Å². The number of ether oxygens (including phenoxy) is 1. The summed E-state index contributed by atoms with van der Waals surface area (Å²) in [7, 11) is 0. The van der Waals surface area contributed by atoms with E-state index in [0.717, 1.165) is 25.0 Å². The average Bonchev–Trinajstić information content (AvgIpc) is 2.03. The Balaban J connectivity index is 1.96. The molecule has 2 heteroatoms. The van der Waals surface area contributed by atoms with Crippen molar-refractivity contribution in [2.45, 2.75) is 26.4 Å².